The summed E-state index contributed by atoms with van der Waals surface area (Å²) in [5.74, 6) is -0.0353. The Morgan fingerprint density at radius 2 is 1.96 bits per heavy atom. The highest BCUT2D eigenvalue weighted by Gasteiger charge is 2.41. The molecule has 1 N–H and O–H groups in total. The van der Waals surface area contributed by atoms with E-state index < -0.39 is 11.4 Å². The van der Waals surface area contributed by atoms with E-state index >= 15 is 0 Å². The normalized spacial score (nSPS) is 19.8. The van der Waals surface area contributed by atoms with Crippen molar-refractivity contribution in [3.05, 3.63) is 71.3 Å². The summed E-state index contributed by atoms with van der Waals surface area (Å²) in [5, 5.41) is 9.69. The summed E-state index contributed by atoms with van der Waals surface area (Å²) in [5.41, 5.74) is 3.09. The van der Waals surface area contributed by atoms with Crippen LogP contribution in [0.3, 0.4) is 0 Å². The van der Waals surface area contributed by atoms with Crippen molar-refractivity contribution in [2.24, 2.45) is 5.41 Å². The topological polar surface area (TPSA) is 46.5 Å². The lowest BCUT2D eigenvalue weighted by Gasteiger charge is -2.25. The van der Waals surface area contributed by atoms with Crippen molar-refractivity contribution >= 4 is 11.5 Å². The number of ether oxygens (including phenoxy) is 1. The summed E-state index contributed by atoms with van der Waals surface area (Å²) in [6.45, 7) is 4.28. The van der Waals surface area contributed by atoms with Crippen LogP contribution in [0.25, 0.3) is 5.57 Å². The molecule has 1 aliphatic carbocycles. The first-order valence-electron chi connectivity index (χ1n) is 8.22. The van der Waals surface area contributed by atoms with Crippen molar-refractivity contribution in [3.8, 4) is 5.75 Å². The number of allylic oxidation sites excluding steroid dienone is 1. The molecule has 0 saturated heterocycles. The third kappa shape index (κ3) is 3.07. The second kappa shape index (κ2) is 6.52. The molecule has 3 rings (SSSR count). The summed E-state index contributed by atoms with van der Waals surface area (Å²) >= 11 is 0. The van der Waals surface area contributed by atoms with Crippen molar-refractivity contribution in [3.63, 3.8) is 0 Å². The summed E-state index contributed by atoms with van der Waals surface area (Å²) in [4.78, 5) is 11.8. The van der Waals surface area contributed by atoms with Crippen LogP contribution in [0.1, 0.15) is 36.5 Å². The minimum Gasteiger partial charge on any atom is -0.488 e. The van der Waals surface area contributed by atoms with Crippen LogP contribution in [0.4, 0.5) is 0 Å². The molecule has 1 unspecified atom stereocenters. The minimum absolute atomic E-state index is 0.466. The number of carboxylic acids is 1. The molecule has 0 heterocycles. The lowest BCUT2D eigenvalue weighted by atomic mass is 9.79. The van der Waals surface area contributed by atoms with E-state index in [1.807, 2.05) is 61.5 Å². The van der Waals surface area contributed by atoms with Gasteiger partial charge < -0.3 is 9.84 Å². The van der Waals surface area contributed by atoms with Crippen molar-refractivity contribution in [2.45, 2.75) is 33.3 Å². The van der Waals surface area contributed by atoms with Crippen molar-refractivity contribution in [2.75, 3.05) is 0 Å². The number of benzene rings is 2. The number of hydrogen-bond donors (Lipinski definition) is 1. The van der Waals surface area contributed by atoms with Crippen LogP contribution in [-0.4, -0.2) is 11.1 Å². The molecule has 24 heavy (non-hydrogen) atoms. The molecule has 0 saturated carbocycles. The molecule has 0 bridgehead atoms. The van der Waals surface area contributed by atoms with E-state index in [1.165, 1.54) is 0 Å². The summed E-state index contributed by atoms with van der Waals surface area (Å²) in [6, 6.07) is 15.9. The van der Waals surface area contributed by atoms with Gasteiger partial charge in [-0.05, 0) is 50.0 Å². The molecule has 0 aliphatic heterocycles. The molecule has 3 nitrogen and oxygen atoms in total. The molecule has 2 aromatic rings. The van der Waals surface area contributed by atoms with E-state index in [1.54, 1.807) is 6.92 Å². The van der Waals surface area contributed by atoms with Crippen molar-refractivity contribution < 1.29 is 14.6 Å². The molecular weight excluding hydrogens is 300 g/mol. The lowest BCUT2D eigenvalue weighted by molar-refractivity contribution is -0.144. The number of carboxylic acid groups (broad SMARTS) is 1. The van der Waals surface area contributed by atoms with Crippen LogP contribution in [-0.2, 0) is 11.4 Å². The fourth-order valence-corrected chi connectivity index (χ4v) is 3.21. The van der Waals surface area contributed by atoms with Gasteiger partial charge in [-0.2, -0.15) is 0 Å². The van der Waals surface area contributed by atoms with Crippen LogP contribution in [0.15, 0.2) is 54.6 Å². The van der Waals surface area contributed by atoms with E-state index in [9.17, 15) is 9.90 Å². The van der Waals surface area contributed by atoms with Crippen LogP contribution in [0.5, 0.6) is 5.75 Å². The van der Waals surface area contributed by atoms with Gasteiger partial charge in [0.1, 0.15) is 12.4 Å². The highest BCUT2D eigenvalue weighted by atomic mass is 16.5. The van der Waals surface area contributed by atoms with Crippen LogP contribution < -0.4 is 4.74 Å². The van der Waals surface area contributed by atoms with E-state index in [0.717, 1.165) is 34.4 Å². The molecule has 0 amide bonds. The zero-order chi connectivity index (χ0) is 17.2. The van der Waals surface area contributed by atoms with Gasteiger partial charge in [-0.1, -0.05) is 48.0 Å². The maximum Gasteiger partial charge on any atom is 0.313 e. The molecule has 124 valence electrons. The zero-order valence-electron chi connectivity index (χ0n) is 14.1. The molecule has 0 aromatic heterocycles. The maximum atomic E-state index is 11.8. The molecule has 1 atom stereocenters. The second-order valence-electron chi connectivity index (χ2n) is 6.57. The first-order valence-corrected chi connectivity index (χ1v) is 8.22. The first-order chi connectivity index (χ1) is 11.5. The van der Waals surface area contributed by atoms with Gasteiger partial charge in [-0.25, -0.2) is 0 Å². The quantitative estimate of drug-likeness (QED) is 0.856. The van der Waals surface area contributed by atoms with Crippen molar-refractivity contribution in [1.82, 2.24) is 0 Å². The van der Waals surface area contributed by atoms with Crippen LogP contribution in [0, 0.1) is 12.3 Å². The Morgan fingerprint density at radius 1 is 1.21 bits per heavy atom. The summed E-state index contributed by atoms with van der Waals surface area (Å²) in [7, 11) is 0. The van der Waals surface area contributed by atoms with Gasteiger partial charge in [0.25, 0.3) is 0 Å². The Labute approximate surface area is 142 Å². The number of rotatable bonds is 5. The van der Waals surface area contributed by atoms with Gasteiger partial charge >= 0.3 is 5.97 Å². The number of aryl methyl sites for hydroxylation is 1. The van der Waals surface area contributed by atoms with E-state index in [-0.39, 0.29) is 0 Å². The molecule has 0 spiro atoms. The fourth-order valence-electron chi connectivity index (χ4n) is 3.21. The Balaban J connectivity index is 1.93. The van der Waals surface area contributed by atoms with Gasteiger partial charge in [0.05, 0.1) is 5.41 Å². The predicted octanol–water partition coefficient (Wildman–Crippen LogP) is 4.84. The average molecular weight is 322 g/mol. The monoisotopic (exact) mass is 322 g/mol. The third-order valence-corrected chi connectivity index (χ3v) is 4.72. The van der Waals surface area contributed by atoms with Gasteiger partial charge in [-0.15, -0.1) is 0 Å². The van der Waals surface area contributed by atoms with Gasteiger partial charge in [0, 0.05) is 5.56 Å². The zero-order valence-corrected chi connectivity index (χ0v) is 14.1. The summed E-state index contributed by atoms with van der Waals surface area (Å²) in [6.07, 6.45) is 3.45. The van der Waals surface area contributed by atoms with Crippen LogP contribution >= 0.6 is 0 Å². The smallest absolute Gasteiger partial charge is 0.313 e. The maximum absolute atomic E-state index is 11.8. The Hall–Kier alpha value is -2.55. The van der Waals surface area contributed by atoms with Gasteiger partial charge in [-0.3, -0.25) is 4.79 Å². The molecule has 0 fully saturated rings. The molecule has 1 aliphatic rings. The Kier molecular flexibility index (Phi) is 4.43. The predicted molar refractivity (Wildman–Crippen MR) is 94.9 cm³/mol. The van der Waals surface area contributed by atoms with Crippen molar-refractivity contribution in [1.29, 1.82) is 0 Å². The SMILES string of the molecule is Cc1ccc(OCc2ccccc2)c(C2=CCCC2(C)C(=O)O)c1. The second-order valence-corrected chi connectivity index (χ2v) is 6.57. The Bertz CT molecular complexity index is 777. The molecule has 3 heteroatoms. The fraction of sp³-hybridized carbons (Fsp3) is 0.286. The lowest BCUT2D eigenvalue weighted by Crippen LogP contribution is -2.26. The minimum atomic E-state index is -0.849. The summed E-state index contributed by atoms with van der Waals surface area (Å²) < 4.78 is 6.03. The van der Waals surface area contributed by atoms with Gasteiger partial charge in [0.2, 0.25) is 0 Å². The average Bonchev–Trinajstić information content (AvgIpc) is 2.98. The Morgan fingerprint density at radius 3 is 2.67 bits per heavy atom. The largest absolute Gasteiger partial charge is 0.488 e. The molecular formula is C21H22O3. The standard InChI is InChI=1S/C21H22O3/c1-15-10-11-19(24-14-16-7-4-3-5-8-16)17(13-15)18-9-6-12-21(18,2)20(22)23/h3-5,7-11,13H,6,12,14H2,1-2H3,(H,22,23). The van der Waals surface area contributed by atoms with E-state index in [0.29, 0.717) is 13.0 Å². The number of hydrogen-bond acceptors (Lipinski definition) is 2. The third-order valence-electron chi connectivity index (χ3n) is 4.72. The van der Waals surface area contributed by atoms with Crippen LogP contribution in [0.2, 0.25) is 0 Å². The van der Waals surface area contributed by atoms with E-state index in [4.69, 9.17) is 4.74 Å². The highest BCUT2D eigenvalue weighted by molar-refractivity contribution is 5.94. The van der Waals surface area contributed by atoms with E-state index in [2.05, 4.69) is 0 Å². The molecule has 2 aromatic carbocycles. The number of carbonyl (C=O) groups is 1. The number of aliphatic carboxylic acids is 1. The van der Waals surface area contributed by atoms with Gasteiger partial charge in [0.15, 0.2) is 0 Å². The highest BCUT2D eigenvalue weighted by Crippen LogP contribution is 2.47. The first kappa shape index (κ1) is 16.3. The molecule has 0 radical (unpaired) electrons.